The third-order valence-corrected chi connectivity index (χ3v) is 3.30. The molecule has 2 fully saturated rings. The Kier molecular flexibility index (Phi) is 1.98. The van der Waals surface area contributed by atoms with Crippen molar-refractivity contribution in [1.82, 2.24) is 15.2 Å². The average Bonchev–Trinajstić information content (AvgIpc) is 2.72. The lowest BCUT2D eigenvalue weighted by Crippen LogP contribution is -2.65. The van der Waals surface area contributed by atoms with Gasteiger partial charge in [-0.25, -0.2) is 4.98 Å². The Balaban J connectivity index is 1.72. The van der Waals surface area contributed by atoms with E-state index in [1.807, 2.05) is 4.90 Å². The number of oxazole rings is 1. The van der Waals surface area contributed by atoms with Crippen LogP contribution in [-0.4, -0.2) is 41.5 Å². The summed E-state index contributed by atoms with van der Waals surface area (Å²) < 4.78 is 5.01. The molecule has 5 nitrogen and oxygen atoms in total. The topological polar surface area (TPSA) is 58.4 Å². The van der Waals surface area contributed by atoms with Crippen molar-refractivity contribution >= 4 is 5.91 Å². The number of amides is 1. The summed E-state index contributed by atoms with van der Waals surface area (Å²) in [4.78, 5) is 17.6. The molecule has 3 rings (SSSR count). The Hall–Kier alpha value is -1.36. The van der Waals surface area contributed by atoms with Crippen LogP contribution in [0.2, 0.25) is 0 Å². The summed E-state index contributed by atoms with van der Waals surface area (Å²) in [5.41, 5.74) is 0. The monoisotopic (exact) mass is 207 g/mol. The number of aromatic nitrogens is 1. The zero-order valence-electron chi connectivity index (χ0n) is 8.35. The van der Waals surface area contributed by atoms with Crippen LogP contribution in [0.3, 0.4) is 0 Å². The van der Waals surface area contributed by atoms with E-state index in [-0.39, 0.29) is 11.8 Å². The van der Waals surface area contributed by atoms with Gasteiger partial charge >= 0.3 is 5.91 Å². The van der Waals surface area contributed by atoms with Gasteiger partial charge in [0.15, 0.2) is 0 Å². The third kappa shape index (κ3) is 1.34. The second-order valence-corrected chi connectivity index (χ2v) is 4.11. The van der Waals surface area contributed by atoms with Gasteiger partial charge in [-0.2, -0.15) is 0 Å². The van der Waals surface area contributed by atoms with Gasteiger partial charge in [-0.3, -0.25) is 4.79 Å². The highest BCUT2D eigenvalue weighted by atomic mass is 16.4. The summed E-state index contributed by atoms with van der Waals surface area (Å²) in [5, 5.41) is 3.30. The van der Waals surface area contributed by atoms with Crippen LogP contribution >= 0.6 is 0 Å². The fraction of sp³-hybridized carbons (Fsp3) is 0.600. The fourth-order valence-corrected chi connectivity index (χ4v) is 2.41. The molecule has 2 saturated heterocycles. The van der Waals surface area contributed by atoms with Crippen LogP contribution in [-0.2, 0) is 0 Å². The molecule has 2 atom stereocenters. The number of hydrogen-bond donors (Lipinski definition) is 1. The van der Waals surface area contributed by atoms with Crippen LogP contribution in [0.25, 0.3) is 0 Å². The molecule has 2 aliphatic heterocycles. The van der Waals surface area contributed by atoms with Gasteiger partial charge < -0.3 is 14.6 Å². The van der Waals surface area contributed by atoms with Crippen LogP contribution in [0.15, 0.2) is 16.9 Å². The molecule has 0 saturated carbocycles. The number of hydrogen-bond acceptors (Lipinski definition) is 4. The van der Waals surface area contributed by atoms with E-state index in [4.69, 9.17) is 4.42 Å². The van der Waals surface area contributed by atoms with Crippen molar-refractivity contribution in [1.29, 1.82) is 0 Å². The Morgan fingerprint density at radius 3 is 3.33 bits per heavy atom. The van der Waals surface area contributed by atoms with Crippen molar-refractivity contribution in [2.75, 3.05) is 19.6 Å². The van der Waals surface area contributed by atoms with Crippen LogP contribution in [0.1, 0.15) is 17.1 Å². The molecule has 1 aromatic heterocycles. The van der Waals surface area contributed by atoms with E-state index in [0.717, 1.165) is 19.6 Å². The van der Waals surface area contributed by atoms with Gasteiger partial charge in [0.1, 0.15) is 6.26 Å². The Morgan fingerprint density at radius 1 is 1.67 bits per heavy atom. The molecule has 0 bridgehead atoms. The number of carbonyl (C=O) groups excluding carboxylic acids is 1. The van der Waals surface area contributed by atoms with Crippen LogP contribution in [0.5, 0.6) is 0 Å². The molecule has 80 valence electrons. The molecule has 3 heterocycles. The number of nitrogens with one attached hydrogen (secondary N) is 1. The maximum absolute atomic E-state index is 11.9. The van der Waals surface area contributed by atoms with Gasteiger partial charge in [-0.1, -0.05) is 0 Å². The minimum absolute atomic E-state index is 0.0787. The van der Waals surface area contributed by atoms with Crippen molar-refractivity contribution in [2.45, 2.75) is 12.5 Å². The van der Waals surface area contributed by atoms with Gasteiger partial charge in [-0.15, -0.1) is 0 Å². The minimum Gasteiger partial charge on any atom is -0.441 e. The van der Waals surface area contributed by atoms with Crippen LogP contribution < -0.4 is 5.32 Å². The predicted octanol–water partition coefficient (Wildman–Crippen LogP) is 0.108. The van der Waals surface area contributed by atoms with E-state index in [9.17, 15) is 4.79 Å². The normalized spacial score (nSPS) is 29.5. The Morgan fingerprint density at radius 2 is 2.60 bits per heavy atom. The summed E-state index contributed by atoms with van der Waals surface area (Å²) in [5.74, 6) is 0.800. The first kappa shape index (κ1) is 8.91. The third-order valence-electron chi connectivity index (χ3n) is 3.30. The van der Waals surface area contributed by atoms with E-state index >= 15 is 0 Å². The fourth-order valence-electron chi connectivity index (χ4n) is 2.41. The maximum Gasteiger partial charge on any atom is 0.310 e. The molecule has 0 aliphatic carbocycles. The number of rotatable bonds is 1. The Bertz CT molecular complexity index is 363. The number of fused-ring (bicyclic) bond motifs is 1. The Labute approximate surface area is 87.5 Å². The van der Waals surface area contributed by atoms with Gasteiger partial charge in [0.05, 0.1) is 6.20 Å². The molecule has 0 aromatic carbocycles. The molecule has 2 aliphatic rings. The van der Waals surface area contributed by atoms with Crippen molar-refractivity contribution in [3.8, 4) is 0 Å². The summed E-state index contributed by atoms with van der Waals surface area (Å²) >= 11 is 0. The summed E-state index contributed by atoms with van der Waals surface area (Å²) in [6.07, 6.45) is 4.10. The van der Waals surface area contributed by atoms with Crippen LogP contribution in [0.4, 0.5) is 0 Å². The van der Waals surface area contributed by atoms with E-state index in [1.54, 1.807) is 0 Å². The number of nitrogens with zero attached hydrogens (tertiary/aromatic N) is 2. The zero-order chi connectivity index (χ0) is 10.3. The van der Waals surface area contributed by atoms with Crippen LogP contribution in [0, 0.1) is 5.92 Å². The first-order valence-corrected chi connectivity index (χ1v) is 5.27. The molecule has 0 spiro atoms. The summed E-state index contributed by atoms with van der Waals surface area (Å²) in [6, 6.07) is 0.346. The van der Waals surface area contributed by atoms with Gasteiger partial charge in [0, 0.05) is 19.1 Å². The highest BCUT2D eigenvalue weighted by molar-refractivity contribution is 5.90. The lowest BCUT2D eigenvalue weighted by molar-refractivity contribution is -0.000187. The first-order chi connectivity index (χ1) is 7.36. The zero-order valence-corrected chi connectivity index (χ0v) is 8.35. The average molecular weight is 207 g/mol. The molecule has 15 heavy (non-hydrogen) atoms. The number of carbonyl (C=O) groups is 1. The van der Waals surface area contributed by atoms with Crippen molar-refractivity contribution in [3.63, 3.8) is 0 Å². The quantitative estimate of drug-likeness (QED) is 0.710. The SMILES string of the molecule is O=C(c1ncco1)N1CC2CCNCC21. The second kappa shape index (κ2) is 3.34. The van der Waals surface area contributed by atoms with Crippen molar-refractivity contribution < 1.29 is 9.21 Å². The lowest BCUT2D eigenvalue weighted by atomic mass is 9.83. The molecule has 0 radical (unpaired) electrons. The van der Waals surface area contributed by atoms with E-state index in [2.05, 4.69) is 10.3 Å². The molecule has 1 aromatic rings. The highest BCUT2D eigenvalue weighted by Gasteiger charge is 2.44. The predicted molar refractivity (Wildman–Crippen MR) is 52.3 cm³/mol. The smallest absolute Gasteiger partial charge is 0.310 e. The molecule has 1 N–H and O–H groups in total. The second-order valence-electron chi connectivity index (χ2n) is 4.11. The lowest BCUT2D eigenvalue weighted by Gasteiger charge is -2.50. The molecular formula is C10H13N3O2. The minimum atomic E-state index is -0.0787. The molecule has 1 amide bonds. The van der Waals surface area contributed by atoms with Crippen molar-refractivity contribution in [3.05, 3.63) is 18.4 Å². The van der Waals surface area contributed by atoms with Crippen molar-refractivity contribution in [2.24, 2.45) is 5.92 Å². The van der Waals surface area contributed by atoms with E-state index in [1.165, 1.54) is 18.9 Å². The largest absolute Gasteiger partial charge is 0.441 e. The standard InChI is InChI=1S/C10H13N3O2/c14-10(9-12-3-4-15-9)13-6-7-1-2-11-5-8(7)13/h3-4,7-8,11H,1-2,5-6H2. The number of piperidine rings is 1. The van der Waals surface area contributed by atoms with Gasteiger partial charge in [0.2, 0.25) is 0 Å². The molecular weight excluding hydrogens is 194 g/mol. The molecule has 2 unspecified atom stereocenters. The van der Waals surface area contributed by atoms with Gasteiger partial charge in [0.25, 0.3) is 5.89 Å². The highest BCUT2D eigenvalue weighted by Crippen LogP contribution is 2.30. The van der Waals surface area contributed by atoms with Gasteiger partial charge in [-0.05, 0) is 18.9 Å². The molecule has 5 heteroatoms. The van der Waals surface area contributed by atoms with E-state index in [0.29, 0.717) is 12.0 Å². The number of likely N-dealkylation sites (tertiary alicyclic amines) is 1. The maximum atomic E-state index is 11.9. The summed E-state index contributed by atoms with van der Waals surface area (Å²) in [7, 11) is 0. The first-order valence-electron chi connectivity index (χ1n) is 5.27. The van der Waals surface area contributed by atoms with E-state index < -0.39 is 0 Å². The summed E-state index contributed by atoms with van der Waals surface area (Å²) in [6.45, 7) is 2.83.